The maximum atomic E-state index is 13.3. The molecule has 1 saturated heterocycles. The highest BCUT2D eigenvalue weighted by atomic mass is 32.2. The van der Waals surface area contributed by atoms with Crippen LogP contribution < -0.4 is 14.4 Å². The van der Waals surface area contributed by atoms with Gasteiger partial charge in [-0.3, -0.25) is 14.2 Å². The number of anilines is 1. The third-order valence-corrected chi connectivity index (χ3v) is 7.00. The van der Waals surface area contributed by atoms with Gasteiger partial charge < -0.3 is 9.64 Å². The van der Waals surface area contributed by atoms with E-state index < -0.39 is 19.2 Å². The fraction of sp³-hybridized carbons (Fsp3) is 0.500. The van der Waals surface area contributed by atoms with Crippen molar-refractivity contribution in [3.8, 4) is 11.7 Å². The summed E-state index contributed by atoms with van der Waals surface area (Å²) < 4.78 is 48.4. The van der Waals surface area contributed by atoms with Gasteiger partial charge in [0.15, 0.2) is 5.82 Å². The Labute approximate surface area is 217 Å². The molecule has 1 amide bonds. The average Bonchev–Trinajstić information content (AvgIpc) is 3.47. The maximum Gasteiger partial charge on any atom is 0.392 e. The van der Waals surface area contributed by atoms with Crippen LogP contribution in [0.3, 0.4) is 0 Å². The summed E-state index contributed by atoms with van der Waals surface area (Å²) in [4.78, 5) is 21.1. The first kappa shape index (κ1) is 26.8. The summed E-state index contributed by atoms with van der Waals surface area (Å²) in [6.07, 6.45) is -1.04. The zero-order chi connectivity index (χ0) is 27.0. The monoisotopic (exact) mass is 537 g/mol. The zero-order valence-corrected chi connectivity index (χ0v) is 22.2. The van der Waals surface area contributed by atoms with Gasteiger partial charge in [0.25, 0.3) is 5.91 Å². The van der Waals surface area contributed by atoms with Crippen LogP contribution in [-0.4, -0.2) is 55.3 Å². The Hall–Kier alpha value is -3.22. The van der Waals surface area contributed by atoms with Crippen LogP contribution in [0.25, 0.3) is 5.82 Å². The number of carbonyl (C=O) groups excluding carboxylic acids is 1. The topological polar surface area (TPSA) is 90.1 Å². The minimum Gasteiger partial charge on any atom is -0.476 e. The average molecular weight is 538 g/mol. The van der Waals surface area contributed by atoms with E-state index in [4.69, 9.17) is 9.72 Å². The number of carbonyl (C=O) groups is 1. The summed E-state index contributed by atoms with van der Waals surface area (Å²) in [5.74, 6) is 1.11. The summed E-state index contributed by atoms with van der Waals surface area (Å²) in [5.41, 5.74) is 0.986. The first-order valence-corrected chi connectivity index (χ1v) is 12.7. The molecule has 0 spiro atoms. The molecule has 4 rings (SSSR count). The number of rotatable bonds is 8. The van der Waals surface area contributed by atoms with Crippen molar-refractivity contribution in [1.29, 1.82) is 0 Å². The van der Waals surface area contributed by atoms with E-state index in [1.54, 1.807) is 23.0 Å². The van der Waals surface area contributed by atoms with Gasteiger partial charge in [-0.15, -0.1) is 5.10 Å². The third-order valence-electron chi connectivity index (χ3n) is 6.09. The molecule has 0 bridgehead atoms. The second-order valence-electron chi connectivity index (χ2n) is 9.87. The van der Waals surface area contributed by atoms with Gasteiger partial charge in [0.2, 0.25) is 5.88 Å². The van der Waals surface area contributed by atoms with E-state index in [9.17, 15) is 18.0 Å². The molecule has 3 aromatic heterocycles. The van der Waals surface area contributed by atoms with Crippen molar-refractivity contribution in [3.63, 3.8) is 0 Å². The number of ether oxygens (including phenoxy) is 1. The number of nitrogens with zero attached hydrogens (tertiary/aromatic N) is 6. The van der Waals surface area contributed by atoms with Crippen molar-refractivity contribution in [1.82, 2.24) is 29.3 Å². The van der Waals surface area contributed by atoms with E-state index in [1.807, 2.05) is 20.2 Å². The quantitative estimate of drug-likeness (QED) is 0.417. The molecule has 1 atom stereocenters. The molecule has 4 heterocycles. The number of aromatic nitrogens is 5. The van der Waals surface area contributed by atoms with Crippen LogP contribution in [0.2, 0.25) is 0 Å². The van der Waals surface area contributed by atoms with Crippen molar-refractivity contribution in [3.05, 3.63) is 41.9 Å². The molecular formula is C24H30F3N7O2S. The molecule has 0 radical (unpaired) electrons. The smallest absolute Gasteiger partial charge is 0.392 e. The Bertz CT molecular complexity index is 1270. The minimum atomic E-state index is -4.30. The van der Waals surface area contributed by atoms with E-state index in [2.05, 4.69) is 40.6 Å². The van der Waals surface area contributed by atoms with E-state index in [-0.39, 0.29) is 17.3 Å². The Kier molecular flexibility index (Phi) is 7.45. The minimum absolute atomic E-state index is 0.0628. The van der Waals surface area contributed by atoms with Gasteiger partial charge in [-0.05, 0) is 57.2 Å². The van der Waals surface area contributed by atoms with E-state index in [0.717, 1.165) is 23.6 Å². The largest absolute Gasteiger partial charge is 0.476 e. The number of alkyl halides is 3. The number of aryl methyl sites for hydroxylation is 2. The molecule has 1 fully saturated rings. The molecule has 13 heteroatoms. The number of halogens is 3. The Morgan fingerprint density at radius 1 is 1.27 bits per heavy atom. The van der Waals surface area contributed by atoms with Crippen molar-refractivity contribution in [2.45, 2.75) is 57.1 Å². The highest BCUT2D eigenvalue weighted by Gasteiger charge is 2.39. The first-order chi connectivity index (χ1) is 17.3. The molecule has 9 nitrogen and oxygen atoms in total. The molecule has 200 valence electrons. The fourth-order valence-electron chi connectivity index (χ4n) is 4.53. The summed E-state index contributed by atoms with van der Waals surface area (Å²) in [7, 11) is 1.82. The van der Waals surface area contributed by atoms with E-state index >= 15 is 0 Å². The van der Waals surface area contributed by atoms with E-state index in [0.29, 0.717) is 23.1 Å². The van der Waals surface area contributed by atoms with Gasteiger partial charge in [0.05, 0.1) is 29.2 Å². The van der Waals surface area contributed by atoms with Crippen LogP contribution in [-0.2, 0) is 7.05 Å². The number of nitrogens with one attached hydrogen (secondary N) is 1. The van der Waals surface area contributed by atoms with Gasteiger partial charge in [0.1, 0.15) is 5.82 Å². The molecule has 37 heavy (non-hydrogen) atoms. The Morgan fingerprint density at radius 3 is 2.65 bits per heavy atom. The summed E-state index contributed by atoms with van der Waals surface area (Å²) in [6.45, 7) is 8.46. The number of amides is 1. The Balaban J connectivity index is 1.60. The van der Waals surface area contributed by atoms with Crippen LogP contribution in [0.15, 0.2) is 35.5 Å². The molecule has 1 aliphatic heterocycles. The van der Waals surface area contributed by atoms with Gasteiger partial charge >= 0.3 is 6.18 Å². The molecular weight excluding hydrogens is 507 g/mol. The standard InChI is InChI=1S/C24H30F3N7O2S/c1-15-12-23(3,4)33(13-15)21-17(22(35)31-37-18-14-32(5)29-16(18)2)6-7-19(28-21)34-10-8-20(30-34)36-11-9-24(25,26)27/h6-8,10,14-15H,9,11-13H2,1-5H3,(H,31,35)/t15-/m0/s1. The number of hydrogen-bond acceptors (Lipinski definition) is 7. The highest BCUT2D eigenvalue weighted by Crippen LogP contribution is 2.38. The summed E-state index contributed by atoms with van der Waals surface area (Å²) >= 11 is 1.19. The zero-order valence-electron chi connectivity index (χ0n) is 21.3. The van der Waals surface area contributed by atoms with Gasteiger partial charge in [-0.2, -0.15) is 18.3 Å². The molecule has 1 N–H and O–H groups in total. The van der Waals surface area contributed by atoms with Crippen LogP contribution in [0.1, 0.15) is 49.7 Å². The van der Waals surface area contributed by atoms with Crippen LogP contribution in [0.5, 0.6) is 5.88 Å². The lowest BCUT2D eigenvalue weighted by molar-refractivity contribution is -0.139. The fourth-order valence-corrected chi connectivity index (χ4v) is 5.23. The van der Waals surface area contributed by atoms with Crippen LogP contribution in [0.4, 0.5) is 19.0 Å². The normalized spacial score (nSPS) is 17.3. The number of pyridine rings is 1. The second kappa shape index (κ2) is 10.3. The highest BCUT2D eigenvalue weighted by molar-refractivity contribution is 7.98. The van der Waals surface area contributed by atoms with Gasteiger partial charge in [-0.1, -0.05) is 6.92 Å². The van der Waals surface area contributed by atoms with Crippen LogP contribution >= 0.6 is 11.9 Å². The third kappa shape index (κ3) is 6.38. The lowest BCUT2D eigenvalue weighted by Gasteiger charge is -2.34. The molecule has 0 aromatic carbocycles. The van der Waals surface area contributed by atoms with Gasteiger partial charge in [-0.25, -0.2) is 9.67 Å². The summed E-state index contributed by atoms with van der Waals surface area (Å²) in [5, 5.41) is 8.51. The predicted octanol–water partition coefficient (Wildman–Crippen LogP) is 4.70. The first-order valence-electron chi connectivity index (χ1n) is 11.8. The summed E-state index contributed by atoms with van der Waals surface area (Å²) in [6, 6.07) is 4.82. The molecule has 0 saturated carbocycles. The van der Waals surface area contributed by atoms with Crippen LogP contribution in [0, 0.1) is 12.8 Å². The molecule has 1 aliphatic rings. The SMILES string of the molecule is Cc1nn(C)cc1SNC(=O)c1ccc(-n2ccc(OCCC(F)(F)F)n2)nc1N1C[C@@H](C)CC1(C)C. The molecule has 0 aliphatic carbocycles. The lowest BCUT2D eigenvalue weighted by atomic mass is 9.97. The van der Waals surface area contributed by atoms with Gasteiger partial charge in [0, 0.05) is 37.6 Å². The van der Waals surface area contributed by atoms with Crippen molar-refractivity contribution in [2.75, 3.05) is 18.1 Å². The van der Waals surface area contributed by atoms with Crippen molar-refractivity contribution >= 4 is 23.7 Å². The predicted molar refractivity (Wildman–Crippen MR) is 134 cm³/mol. The molecule has 3 aromatic rings. The maximum absolute atomic E-state index is 13.3. The van der Waals surface area contributed by atoms with Crippen molar-refractivity contribution < 1.29 is 22.7 Å². The molecule has 0 unspecified atom stereocenters. The van der Waals surface area contributed by atoms with E-state index in [1.165, 1.54) is 22.7 Å². The second-order valence-corrected chi connectivity index (χ2v) is 10.7. The Morgan fingerprint density at radius 2 is 2.03 bits per heavy atom. The number of hydrogen-bond donors (Lipinski definition) is 1. The van der Waals surface area contributed by atoms with Crippen molar-refractivity contribution in [2.24, 2.45) is 13.0 Å². The lowest BCUT2D eigenvalue weighted by Crippen LogP contribution is -2.40.